The van der Waals surface area contributed by atoms with Crippen molar-refractivity contribution in [2.24, 2.45) is 0 Å². The maximum absolute atomic E-state index is 11.5. The van der Waals surface area contributed by atoms with Gasteiger partial charge in [-0.15, -0.1) is 0 Å². The minimum absolute atomic E-state index is 0.0477. The topological polar surface area (TPSA) is 55.4 Å². The molecule has 2 atom stereocenters. The van der Waals surface area contributed by atoms with Gasteiger partial charge in [0.2, 0.25) is 5.91 Å². The predicted molar refractivity (Wildman–Crippen MR) is 78.1 cm³/mol. The van der Waals surface area contributed by atoms with Crippen LogP contribution in [-0.2, 0) is 15.6 Å². The minimum atomic E-state index is -0.929. The average Bonchev–Trinajstić information content (AvgIpc) is 2.38. The number of amides is 1. The molecule has 1 aromatic rings. The van der Waals surface area contributed by atoms with Crippen LogP contribution in [0, 0.1) is 0 Å². The fourth-order valence-electron chi connectivity index (χ4n) is 1.28. The summed E-state index contributed by atoms with van der Waals surface area (Å²) in [7, 11) is -0.929. The summed E-state index contributed by atoms with van der Waals surface area (Å²) < 4.78 is 16.5. The zero-order valence-electron chi connectivity index (χ0n) is 11.0. The van der Waals surface area contributed by atoms with Crippen LogP contribution in [0.1, 0.15) is 13.3 Å². The van der Waals surface area contributed by atoms with Gasteiger partial charge in [-0.1, -0.05) is 23.7 Å². The Hall–Kier alpha value is -1.07. The molecule has 1 aromatic carbocycles. The van der Waals surface area contributed by atoms with Crippen molar-refractivity contribution in [1.82, 2.24) is 5.32 Å². The van der Waals surface area contributed by atoms with Gasteiger partial charge in [0.1, 0.15) is 5.75 Å². The van der Waals surface area contributed by atoms with Crippen molar-refractivity contribution >= 4 is 28.3 Å². The van der Waals surface area contributed by atoms with Crippen LogP contribution in [0.25, 0.3) is 0 Å². The fraction of sp³-hybridized carbons (Fsp3) is 0.462. The predicted octanol–water partition coefficient (Wildman–Crippen LogP) is 1.99. The molecule has 0 aliphatic carbocycles. The zero-order valence-corrected chi connectivity index (χ0v) is 12.6. The van der Waals surface area contributed by atoms with E-state index >= 15 is 0 Å². The average molecular weight is 304 g/mol. The molecule has 19 heavy (non-hydrogen) atoms. The maximum Gasteiger partial charge on any atom is 0.223 e. The van der Waals surface area contributed by atoms with Crippen molar-refractivity contribution in [1.29, 1.82) is 0 Å². The molecule has 1 rings (SSSR count). The molecule has 0 aliphatic rings. The molecule has 0 aliphatic heterocycles. The first kappa shape index (κ1) is 16.0. The Morgan fingerprint density at radius 3 is 2.79 bits per heavy atom. The lowest BCUT2D eigenvalue weighted by atomic mass is 10.3. The molecule has 0 saturated carbocycles. The van der Waals surface area contributed by atoms with Crippen LogP contribution < -0.4 is 10.1 Å². The van der Waals surface area contributed by atoms with E-state index in [0.29, 0.717) is 17.3 Å². The Bertz CT molecular complexity index is 453. The number of carbonyl (C=O) groups is 1. The van der Waals surface area contributed by atoms with Crippen LogP contribution >= 0.6 is 11.6 Å². The van der Waals surface area contributed by atoms with E-state index in [-0.39, 0.29) is 24.2 Å². The Kier molecular flexibility index (Phi) is 6.87. The van der Waals surface area contributed by atoms with Crippen LogP contribution in [0.2, 0.25) is 5.02 Å². The van der Waals surface area contributed by atoms with Gasteiger partial charge in [-0.3, -0.25) is 9.00 Å². The molecule has 0 spiro atoms. The van der Waals surface area contributed by atoms with Gasteiger partial charge in [0.15, 0.2) is 0 Å². The second kappa shape index (κ2) is 8.17. The van der Waals surface area contributed by atoms with E-state index in [1.165, 1.54) is 0 Å². The second-order valence-electron chi connectivity index (χ2n) is 4.14. The van der Waals surface area contributed by atoms with Crippen molar-refractivity contribution in [2.75, 3.05) is 19.4 Å². The highest BCUT2D eigenvalue weighted by Gasteiger charge is 2.08. The summed E-state index contributed by atoms with van der Waals surface area (Å²) in [6, 6.07) is 7.12. The summed E-state index contributed by atoms with van der Waals surface area (Å²) >= 11 is 5.92. The number of ether oxygens (including phenoxy) is 1. The standard InChI is InChI=1S/C13H18ClNO3S/c1-10(19(2)17)9-15-13(16)7-8-18-12-6-4-3-5-11(12)14/h3-6,10H,7-9H2,1-2H3,(H,15,16)/t10-,19-/m0/s1. The van der Waals surface area contributed by atoms with Gasteiger partial charge in [-0.05, 0) is 19.1 Å². The first-order chi connectivity index (χ1) is 9.00. The zero-order chi connectivity index (χ0) is 14.3. The Morgan fingerprint density at radius 2 is 2.16 bits per heavy atom. The lowest BCUT2D eigenvalue weighted by molar-refractivity contribution is -0.121. The summed E-state index contributed by atoms with van der Waals surface area (Å²) in [5.41, 5.74) is 0. The molecule has 0 aromatic heterocycles. The minimum Gasteiger partial charge on any atom is -0.491 e. The summed E-state index contributed by atoms with van der Waals surface area (Å²) in [6.45, 7) is 2.50. The molecular weight excluding hydrogens is 286 g/mol. The molecule has 1 N–H and O–H groups in total. The molecule has 0 fully saturated rings. The number of carbonyl (C=O) groups excluding carboxylic acids is 1. The van der Waals surface area contributed by atoms with Crippen molar-refractivity contribution < 1.29 is 13.7 Å². The number of hydrogen-bond donors (Lipinski definition) is 1. The summed E-state index contributed by atoms with van der Waals surface area (Å²) in [4.78, 5) is 11.5. The molecule has 6 heteroatoms. The van der Waals surface area contributed by atoms with E-state index in [0.717, 1.165) is 0 Å². The third-order valence-corrected chi connectivity index (χ3v) is 4.19. The van der Waals surface area contributed by atoms with Crippen LogP contribution in [0.3, 0.4) is 0 Å². The molecule has 0 saturated heterocycles. The molecular formula is C13H18ClNO3S. The maximum atomic E-state index is 11.5. The number of nitrogens with one attached hydrogen (secondary N) is 1. The van der Waals surface area contributed by atoms with Crippen LogP contribution in [-0.4, -0.2) is 34.8 Å². The molecule has 4 nitrogen and oxygen atoms in total. The highest BCUT2D eigenvalue weighted by molar-refractivity contribution is 7.84. The largest absolute Gasteiger partial charge is 0.491 e. The number of para-hydroxylation sites is 1. The molecule has 106 valence electrons. The van der Waals surface area contributed by atoms with Crippen LogP contribution in [0.4, 0.5) is 0 Å². The molecule has 1 amide bonds. The molecule has 0 heterocycles. The van der Waals surface area contributed by atoms with Crippen molar-refractivity contribution in [3.05, 3.63) is 29.3 Å². The van der Waals surface area contributed by atoms with E-state index in [1.807, 2.05) is 19.1 Å². The first-order valence-corrected chi connectivity index (χ1v) is 7.97. The van der Waals surface area contributed by atoms with Gasteiger partial charge in [0, 0.05) is 28.9 Å². The third-order valence-electron chi connectivity index (χ3n) is 2.58. The first-order valence-electron chi connectivity index (χ1n) is 5.97. The van der Waals surface area contributed by atoms with E-state index in [2.05, 4.69) is 5.32 Å². The lowest BCUT2D eigenvalue weighted by Crippen LogP contribution is -2.33. The van der Waals surface area contributed by atoms with E-state index in [1.54, 1.807) is 18.4 Å². The Labute approximate surface area is 120 Å². The van der Waals surface area contributed by atoms with Gasteiger partial charge in [0.25, 0.3) is 0 Å². The van der Waals surface area contributed by atoms with Crippen LogP contribution in [0.15, 0.2) is 24.3 Å². The summed E-state index contributed by atoms with van der Waals surface area (Å²) in [6.07, 6.45) is 1.87. The Morgan fingerprint density at radius 1 is 1.47 bits per heavy atom. The fourth-order valence-corrected chi connectivity index (χ4v) is 1.79. The monoisotopic (exact) mass is 303 g/mol. The van der Waals surface area contributed by atoms with Gasteiger partial charge < -0.3 is 10.1 Å². The van der Waals surface area contributed by atoms with Crippen molar-refractivity contribution in [2.45, 2.75) is 18.6 Å². The van der Waals surface area contributed by atoms with Gasteiger partial charge in [-0.2, -0.15) is 0 Å². The second-order valence-corrected chi connectivity index (χ2v) is 6.35. The molecule has 0 radical (unpaired) electrons. The van der Waals surface area contributed by atoms with Gasteiger partial charge in [-0.25, -0.2) is 0 Å². The number of hydrogen-bond acceptors (Lipinski definition) is 3. The lowest BCUT2D eigenvalue weighted by Gasteiger charge is -2.11. The van der Waals surface area contributed by atoms with E-state index < -0.39 is 10.8 Å². The van der Waals surface area contributed by atoms with E-state index in [9.17, 15) is 9.00 Å². The van der Waals surface area contributed by atoms with E-state index in [4.69, 9.17) is 16.3 Å². The normalized spacial score (nSPS) is 13.6. The van der Waals surface area contributed by atoms with Gasteiger partial charge >= 0.3 is 0 Å². The molecule has 0 unspecified atom stereocenters. The summed E-state index contributed by atoms with van der Waals surface area (Å²) in [5, 5.41) is 3.20. The van der Waals surface area contributed by atoms with Crippen molar-refractivity contribution in [3.63, 3.8) is 0 Å². The summed E-state index contributed by atoms with van der Waals surface area (Å²) in [5.74, 6) is 0.448. The number of rotatable bonds is 7. The SMILES string of the molecule is C[C@@H](CNC(=O)CCOc1ccccc1Cl)[S@](C)=O. The molecule has 0 bridgehead atoms. The van der Waals surface area contributed by atoms with Gasteiger partial charge in [0.05, 0.1) is 18.1 Å². The number of halogens is 1. The highest BCUT2D eigenvalue weighted by atomic mass is 35.5. The van der Waals surface area contributed by atoms with Crippen LogP contribution in [0.5, 0.6) is 5.75 Å². The smallest absolute Gasteiger partial charge is 0.223 e. The van der Waals surface area contributed by atoms with Crippen molar-refractivity contribution in [3.8, 4) is 5.75 Å². The highest BCUT2D eigenvalue weighted by Crippen LogP contribution is 2.22. The Balaban J connectivity index is 2.24. The third kappa shape index (κ3) is 6.07. The number of benzene rings is 1. The quantitative estimate of drug-likeness (QED) is 0.838.